The summed E-state index contributed by atoms with van der Waals surface area (Å²) in [6.07, 6.45) is 4.80. The van der Waals surface area contributed by atoms with Gasteiger partial charge in [-0.3, -0.25) is 14.4 Å². The Labute approximate surface area is 205 Å². The summed E-state index contributed by atoms with van der Waals surface area (Å²) in [6.45, 7) is 3.15. The maximum Gasteiger partial charge on any atom is 0.261 e. The summed E-state index contributed by atoms with van der Waals surface area (Å²) in [7, 11) is 5.71. The zero-order chi connectivity index (χ0) is 24.2. The topological polar surface area (TPSA) is 90.0 Å². The Morgan fingerprint density at radius 3 is 2.76 bits per heavy atom. The van der Waals surface area contributed by atoms with E-state index >= 15 is 0 Å². The quantitative estimate of drug-likeness (QED) is 0.596. The molecule has 34 heavy (non-hydrogen) atoms. The predicted molar refractivity (Wildman–Crippen MR) is 134 cm³/mol. The Hall–Kier alpha value is -2.65. The standard InChI is InChI=1S/C25H30BN3O4S/c1-16-13-19(7-8-20(16)25(33)28-11-3-2-5-18(28)6-4-12-30)29-15-17(14-23(29)31)27-24(32)21-9-10-22(26)34-21/h7-10,13,17-18,30H,2-6,11-12,14-15H2,1H3,(H,27,32). The third-order valence-electron chi connectivity index (χ3n) is 6.65. The second-order valence-corrected chi connectivity index (χ2v) is 10.2. The lowest BCUT2D eigenvalue weighted by molar-refractivity contribution is -0.117. The predicted octanol–water partition coefficient (Wildman–Crippen LogP) is 2.15. The molecule has 2 aliphatic rings. The van der Waals surface area contributed by atoms with Crippen LogP contribution in [0.2, 0.25) is 0 Å². The second kappa shape index (κ2) is 10.7. The fourth-order valence-corrected chi connectivity index (χ4v) is 5.57. The third-order valence-corrected chi connectivity index (χ3v) is 7.56. The molecule has 178 valence electrons. The van der Waals surface area contributed by atoms with Gasteiger partial charge >= 0.3 is 0 Å². The molecule has 0 aliphatic carbocycles. The van der Waals surface area contributed by atoms with E-state index in [0.29, 0.717) is 28.2 Å². The summed E-state index contributed by atoms with van der Waals surface area (Å²) in [5.74, 6) is -0.273. The van der Waals surface area contributed by atoms with E-state index in [2.05, 4.69) is 5.32 Å². The highest BCUT2D eigenvalue weighted by Crippen LogP contribution is 2.28. The number of nitrogens with one attached hydrogen (secondary N) is 1. The van der Waals surface area contributed by atoms with Gasteiger partial charge < -0.3 is 20.2 Å². The van der Waals surface area contributed by atoms with Crippen molar-refractivity contribution in [2.75, 3.05) is 24.6 Å². The first kappa shape index (κ1) is 24.5. The van der Waals surface area contributed by atoms with E-state index in [-0.39, 0.29) is 42.8 Å². The van der Waals surface area contributed by atoms with E-state index in [1.165, 1.54) is 11.3 Å². The Morgan fingerprint density at radius 2 is 2.06 bits per heavy atom. The average Bonchev–Trinajstić information content (AvgIpc) is 3.42. The van der Waals surface area contributed by atoms with Gasteiger partial charge in [-0.05, 0) is 73.6 Å². The molecule has 2 N–H and O–H groups in total. The van der Waals surface area contributed by atoms with Crippen LogP contribution >= 0.6 is 11.3 Å². The number of aryl methyl sites for hydroxylation is 1. The number of aliphatic hydroxyl groups excluding tert-OH is 1. The molecule has 7 nitrogen and oxygen atoms in total. The highest BCUT2D eigenvalue weighted by Gasteiger charge is 2.33. The Kier molecular flexibility index (Phi) is 7.73. The summed E-state index contributed by atoms with van der Waals surface area (Å²) >= 11 is 1.22. The molecule has 2 radical (unpaired) electrons. The molecule has 2 fully saturated rings. The molecule has 3 amide bonds. The number of hydrogen-bond acceptors (Lipinski definition) is 5. The van der Waals surface area contributed by atoms with Crippen LogP contribution in [-0.2, 0) is 4.79 Å². The molecule has 2 aromatic rings. The fourth-order valence-electron chi connectivity index (χ4n) is 4.89. The number of thiophene rings is 1. The van der Waals surface area contributed by atoms with E-state index in [1.807, 2.05) is 24.0 Å². The van der Waals surface area contributed by atoms with Crippen LogP contribution in [0.1, 0.15) is 64.1 Å². The molecular weight excluding hydrogens is 449 g/mol. The SMILES string of the molecule is [B]c1ccc(C(=O)NC2CC(=O)N(c3ccc(C(=O)N4CCCCC4CCCO)c(C)c3)C2)s1. The normalized spacial score (nSPS) is 20.6. The molecular formula is C25H30BN3O4S. The molecule has 2 atom stereocenters. The minimum absolute atomic E-state index is 0.0137. The number of likely N-dealkylation sites (tertiary alicyclic amines) is 1. The molecule has 9 heteroatoms. The van der Waals surface area contributed by atoms with Crippen LogP contribution in [0.15, 0.2) is 30.3 Å². The average molecular weight is 479 g/mol. The van der Waals surface area contributed by atoms with Gasteiger partial charge in [0.1, 0.15) is 7.85 Å². The van der Waals surface area contributed by atoms with Crippen LogP contribution < -0.4 is 15.0 Å². The minimum atomic E-state index is -0.287. The monoisotopic (exact) mass is 479 g/mol. The van der Waals surface area contributed by atoms with Gasteiger partial charge in [-0.1, -0.05) is 6.07 Å². The molecule has 2 unspecified atom stereocenters. The minimum Gasteiger partial charge on any atom is -0.396 e. The zero-order valence-electron chi connectivity index (χ0n) is 19.5. The number of amides is 3. The van der Waals surface area contributed by atoms with Gasteiger partial charge in [-0.2, -0.15) is 0 Å². The molecule has 4 rings (SSSR count). The van der Waals surface area contributed by atoms with Gasteiger partial charge in [0.2, 0.25) is 5.91 Å². The smallest absolute Gasteiger partial charge is 0.261 e. The Morgan fingerprint density at radius 1 is 1.24 bits per heavy atom. The molecule has 1 aromatic carbocycles. The molecule has 3 heterocycles. The van der Waals surface area contributed by atoms with Crippen LogP contribution in [0, 0.1) is 6.92 Å². The highest BCUT2D eigenvalue weighted by molar-refractivity contribution is 7.21. The first-order chi connectivity index (χ1) is 16.4. The summed E-state index contributed by atoms with van der Waals surface area (Å²) in [5, 5.41) is 12.1. The van der Waals surface area contributed by atoms with Crippen molar-refractivity contribution in [3.8, 4) is 0 Å². The van der Waals surface area contributed by atoms with Crippen molar-refractivity contribution in [3.05, 3.63) is 46.3 Å². The third kappa shape index (κ3) is 5.36. The van der Waals surface area contributed by atoms with Gasteiger partial charge in [-0.15, -0.1) is 11.3 Å². The zero-order valence-corrected chi connectivity index (χ0v) is 20.3. The van der Waals surface area contributed by atoms with E-state index < -0.39 is 0 Å². The van der Waals surface area contributed by atoms with Crippen molar-refractivity contribution >= 4 is 47.4 Å². The molecule has 2 saturated heterocycles. The number of anilines is 1. The number of piperidine rings is 1. The lowest BCUT2D eigenvalue weighted by atomic mass is 9.96. The number of benzene rings is 1. The fraction of sp³-hybridized carbons (Fsp3) is 0.480. The van der Waals surface area contributed by atoms with Crippen LogP contribution in [-0.4, -0.2) is 67.4 Å². The first-order valence-electron chi connectivity index (χ1n) is 11.9. The largest absolute Gasteiger partial charge is 0.396 e. The number of nitrogens with zero attached hydrogens (tertiary/aromatic N) is 2. The van der Waals surface area contributed by atoms with Crippen molar-refractivity contribution in [1.29, 1.82) is 0 Å². The van der Waals surface area contributed by atoms with E-state index in [9.17, 15) is 19.5 Å². The maximum atomic E-state index is 13.3. The van der Waals surface area contributed by atoms with Crippen LogP contribution in [0.3, 0.4) is 0 Å². The van der Waals surface area contributed by atoms with Gasteiger partial charge in [0.05, 0.1) is 10.9 Å². The van der Waals surface area contributed by atoms with Gasteiger partial charge in [0, 0.05) is 43.4 Å². The Bertz CT molecular complexity index is 1070. The lowest BCUT2D eigenvalue weighted by Gasteiger charge is -2.36. The summed E-state index contributed by atoms with van der Waals surface area (Å²) < 4.78 is 0.573. The van der Waals surface area contributed by atoms with E-state index in [1.54, 1.807) is 23.1 Å². The molecule has 0 spiro atoms. The molecule has 1 aromatic heterocycles. The van der Waals surface area contributed by atoms with Crippen LogP contribution in [0.5, 0.6) is 0 Å². The Balaban J connectivity index is 1.43. The van der Waals surface area contributed by atoms with Crippen molar-refractivity contribution < 1.29 is 19.5 Å². The number of aliphatic hydroxyl groups is 1. The van der Waals surface area contributed by atoms with E-state index in [4.69, 9.17) is 7.85 Å². The lowest BCUT2D eigenvalue weighted by Crippen LogP contribution is -2.44. The first-order valence-corrected chi connectivity index (χ1v) is 12.7. The number of carbonyl (C=O) groups excluding carboxylic acids is 3. The highest BCUT2D eigenvalue weighted by atomic mass is 32.1. The van der Waals surface area contributed by atoms with Crippen molar-refractivity contribution in [3.63, 3.8) is 0 Å². The number of hydrogen-bond donors (Lipinski definition) is 2. The molecule has 0 saturated carbocycles. The van der Waals surface area contributed by atoms with Gasteiger partial charge in [-0.25, -0.2) is 0 Å². The van der Waals surface area contributed by atoms with Crippen LogP contribution in [0.25, 0.3) is 0 Å². The maximum absolute atomic E-state index is 13.3. The number of rotatable bonds is 7. The van der Waals surface area contributed by atoms with E-state index in [0.717, 1.165) is 43.5 Å². The summed E-state index contributed by atoms with van der Waals surface area (Å²) in [5.41, 5.74) is 2.20. The van der Waals surface area contributed by atoms with Gasteiger partial charge in [0.15, 0.2) is 0 Å². The van der Waals surface area contributed by atoms with Crippen molar-refractivity contribution in [2.45, 2.75) is 57.5 Å². The molecule has 2 aliphatic heterocycles. The molecule has 0 bridgehead atoms. The summed E-state index contributed by atoms with van der Waals surface area (Å²) in [4.78, 5) is 42.6. The van der Waals surface area contributed by atoms with Crippen molar-refractivity contribution in [2.24, 2.45) is 0 Å². The van der Waals surface area contributed by atoms with Gasteiger partial charge in [0.25, 0.3) is 11.8 Å². The van der Waals surface area contributed by atoms with Crippen molar-refractivity contribution in [1.82, 2.24) is 10.2 Å². The second-order valence-electron chi connectivity index (χ2n) is 9.09. The van der Waals surface area contributed by atoms with Crippen LogP contribution in [0.4, 0.5) is 5.69 Å². The number of carbonyl (C=O) groups is 3. The summed E-state index contributed by atoms with van der Waals surface area (Å²) in [6, 6.07) is 8.74.